The Labute approximate surface area is 185 Å². The Morgan fingerprint density at radius 1 is 1.00 bits per heavy atom. The average molecular weight is 440 g/mol. The second-order valence-corrected chi connectivity index (χ2v) is 8.96. The van der Waals surface area contributed by atoms with Crippen LogP contribution in [-0.2, 0) is 25.4 Å². The van der Waals surface area contributed by atoms with Crippen LogP contribution in [0.15, 0.2) is 18.2 Å². The number of esters is 1. The molecule has 0 aromatic heterocycles. The third-order valence-corrected chi connectivity index (χ3v) is 4.45. The Bertz CT molecular complexity index is 742. The first-order valence-corrected chi connectivity index (χ1v) is 10.3. The molecule has 1 atom stereocenters. The molecule has 0 spiro atoms. The third-order valence-electron chi connectivity index (χ3n) is 4.45. The summed E-state index contributed by atoms with van der Waals surface area (Å²) in [4.78, 5) is 27.5. The number of benzene rings is 1. The van der Waals surface area contributed by atoms with E-state index in [4.69, 9.17) is 23.7 Å². The predicted octanol–water partition coefficient (Wildman–Crippen LogP) is 4.05. The first kappa shape index (κ1) is 26.6. The molecule has 1 amide bonds. The normalized spacial score (nSPS) is 13.4. The van der Waals surface area contributed by atoms with E-state index in [0.29, 0.717) is 11.5 Å². The van der Waals surface area contributed by atoms with E-state index < -0.39 is 23.2 Å². The van der Waals surface area contributed by atoms with E-state index in [-0.39, 0.29) is 25.7 Å². The summed E-state index contributed by atoms with van der Waals surface area (Å²) in [5, 5.41) is 0. The van der Waals surface area contributed by atoms with Gasteiger partial charge in [-0.15, -0.1) is 0 Å². The lowest BCUT2D eigenvalue weighted by Crippen LogP contribution is -2.58. The fraction of sp³-hybridized carbons (Fsp3) is 0.652. The van der Waals surface area contributed by atoms with Crippen LogP contribution in [0.2, 0.25) is 0 Å². The van der Waals surface area contributed by atoms with Crippen molar-refractivity contribution >= 4 is 12.1 Å². The molecule has 0 fully saturated rings. The van der Waals surface area contributed by atoms with Crippen LogP contribution < -0.4 is 9.47 Å². The molecule has 176 valence electrons. The highest BCUT2D eigenvalue weighted by Crippen LogP contribution is 2.31. The Balaban J connectivity index is 3.41. The Hall–Kier alpha value is -2.48. The van der Waals surface area contributed by atoms with Gasteiger partial charge in [0.25, 0.3) is 0 Å². The molecule has 0 heterocycles. The van der Waals surface area contributed by atoms with Crippen LogP contribution in [0.25, 0.3) is 0 Å². The van der Waals surface area contributed by atoms with Gasteiger partial charge in [-0.05, 0) is 51.3 Å². The van der Waals surface area contributed by atoms with E-state index in [1.165, 1.54) is 19.1 Å². The Morgan fingerprint density at radius 2 is 1.61 bits per heavy atom. The standard InChI is InChI=1S/C23H37NO7/c1-16(2)14-30-20(25)23(6,24(15-27-7)21(26)31-22(3,4)5)13-17-10-11-18(28-8)19(12-17)29-9/h10-12,16H,13-15H2,1-9H3/t23-/m0/s1. The van der Waals surface area contributed by atoms with Crippen LogP contribution in [-0.4, -0.2) is 62.8 Å². The highest BCUT2D eigenvalue weighted by Gasteiger charge is 2.45. The summed E-state index contributed by atoms with van der Waals surface area (Å²) < 4.78 is 27.0. The number of hydrogen-bond donors (Lipinski definition) is 0. The fourth-order valence-corrected chi connectivity index (χ4v) is 2.91. The van der Waals surface area contributed by atoms with Crippen molar-refractivity contribution in [1.82, 2.24) is 4.90 Å². The zero-order valence-corrected chi connectivity index (χ0v) is 20.2. The van der Waals surface area contributed by atoms with Gasteiger partial charge in [0.1, 0.15) is 17.9 Å². The van der Waals surface area contributed by atoms with Crippen LogP contribution >= 0.6 is 0 Å². The van der Waals surface area contributed by atoms with Gasteiger partial charge >= 0.3 is 12.1 Å². The molecule has 0 bridgehead atoms. The van der Waals surface area contributed by atoms with Crippen LogP contribution in [0.4, 0.5) is 4.79 Å². The first-order valence-electron chi connectivity index (χ1n) is 10.3. The minimum Gasteiger partial charge on any atom is -0.493 e. The number of nitrogens with zero attached hydrogens (tertiary/aromatic N) is 1. The SMILES string of the molecule is COCN(C(=O)OC(C)(C)C)[C@@](C)(Cc1ccc(OC)c(OC)c1)C(=O)OCC(C)C. The van der Waals surface area contributed by atoms with E-state index in [1.54, 1.807) is 46.9 Å². The molecule has 31 heavy (non-hydrogen) atoms. The predicted molar refractivity (Wildman–Crippen MR) is 117 cm³/mol. The van der Waals surface area contributed by atoms with Gasteiger partial charge in [0.05, 0.1) is 20.8 Å². The lowest BCUT2D eigenvalue weighted by atomic mass is 9.91. The molecule has 0 saturated heterocycles. The van der Waals surface area contributed by atoms with E-state index in [1.807, 2.05) is 19.9 Å². The molecule has 8 nitrogen and oxygen atoms in total. The second kappa shape index (κ2) is 11.2. The van der Waals surface area contributed by atoms with Gasteiger partial charge in [0.2, 0.25) is 0 Å². The summed E-state index contributed by atoms with van der Waals surface area (Å²) in [6, 6.07) is 5.34. The van der Waals surface area contributed by atoms with Crippen molar-refractivity contribution in [3.8, 4) is 11.5 Å². The highest BCUT2D eigenvalue weighted by molar-refractivity contribution is 5.86. The Kier molecular flexibility index (Phi) is 9.62. The summed E-state index contributed by atoms with van der Waals surface area (Å²) in [7, 11) is 4.54. The number of rotatable bonds is 10. The van der Waals surface area contributed by atoms with Crippen LogP contribution in [0, 0.1) is 5.92 Å². The second-order valence-electron chi connectivity index (χ2n) is 8.96. The summed E-state index contributed by atoms with van der Waals surface area (Å²) in [5.41, 5.74) is -1.37. The molecule has 0 N–H and O–H groups in total. The number of methoxy groups -OCH3 is 3. The Morgan fingerprint density at radius 3 is 2.10 bits per heavy atom. The monoisotopic (exact) mass is 439 g/mol. The quantitative estimate of drug-likeness (QED) is 0.402. The molecule has 0 aliphatic rings. The van der Waals surface area contributed by atoms with Gasteiger partial charge in [-0.25, -0.2) is 9.59 Å². The average Bonchev–Trinajstić information content (AvgIpc) is 2.68. The molecule has 0 unspecified atom stereocenters. The maximum absolute atomic E-state index is 13.3. The molecule has 0 aliphatic carbocycles. The van der Waals surface area contributed by atoms with Crippen molar-refractivity contribution in [3.05, 3.63) is 23.8 Å². The zero-order valence-electron chi connectivity index (χ0n) is 20.2. The van der Waals surface area contributed by atoms with Gasteiger partial charge < -0.3 is 23.7 Å². The molecule has 8 heteroatoms. The van der Waals surface area contributed by atoms with Gasteiger partial charge in [-0.1, -0.05) is 19.9 Å². The summed E-state index contributed by atoms with van der Waals surface area (Å²) in [6.45, 7) is 10.9. The van der Waals surface area contributed by atoms with Crippen LogP contribution in [0.1, 0.15) is 47.1 Å². The summed E-state index contributed by atoms with van der Waals surface area (Å²) >= 11 is 0. The number of ether oxygens (including phenoxy) is 5. The van der Waals surface area contributed by atoms with Crippen molar-refractivity contribution in [2.24, 2.45) is 5.92 Å². The number of carbonyl (C=O) groups is 2. The number of amides is 1. The number of carbonyl (C=O) groups excluding carboxylic acids is 2. The molecule has 0 aliphatic heterocycles. The molecule has 0 radical (unpaired) electrons. The third kappa shape index (κ3) is 7.61. The summed E-state index contributed by atoms with van der Waals surface area (Å²) in [5.74, 6) is 0.690. The molecular weight excluding hydrogens is 402 g/mol. The van der Waals surface area contributed by atoms with Crippen molar-refractivity contribution in [2.75, 3.05) is 34.7 Å². The smallest absolute Gasteiger partial charge is 0.413 e. The summed E-state index contributed by atoms with van der Waals surface area (Å²) in [6.07, 6.45) is -0.508. The van der Waals surface area contributed by atoms with E-state index in [2.05, 4.69) is 0 Å². The maximum atomic E-state index is 13.3. The maximum Gasteiger partial charge on any atom is 0.413 e. The van der Waals surface area contributed by atoms with E-state index >= 15 is 0 Å². The van der Waals surface area contributed by atoms with E-state index in [9.17, 15) is 9.59 Å². The van der Waals surface area contributed by atoms with Crippen molar-refractivity contribution in [2.45, 2.75) is 59.1 Å². The van der Waals surface area contributed by atoms with E-state index in [0.717, 1.165) is 5.56 Å². The molecular formula is C23H37NO7. The highest BCUT2D eigenvalue weighted by atomic mass is 16.6. The lowest BCUT2D eigenvalue weighted by molar-refractivity contribution is -0.161. The molecule has 1 aromatic carbocycles. The van der Waals surface area contributed by atoms with Gasteiger partial charge in [0.15, 0.2) is 11.5 Å². The van der Waals surface area contributed by atoms with Gasteiger partial charge in [-0.2, -0.15) is 0 Å². The minimum absolute atomic E-state index is 0.143. The van der Waals surface area contributed by atoms with Crippen molar-refractivity contribution in [1.29, 1.82) is 0 Å². The zero-order chi connectivity index (χ0) is 23.8. The topological polar surface area (TPSA) is 83.5 Å². The first-order chi connectivity index (χ1) is 14.4. The molecule has 0 saturated carbocycles. The van der Waals surface area contributed by atoms with Crippen molar-refractivity contribution < 1.29 is 33.3 Å². The lowest BCUT2D eigenvalue weighted by Gasteiger charge is -2.39. The largest absolute Gasteiger partial charge is 0.493 e. The number of hydrogen-bond acceptors (Lipinski definition) is 7. The fourth-order valence-electron chi connectivity index (χ4n) is 2.91. The molecule has 1 rings (SSSR count). The molecule has 1 aromatic rings. The minimum atomic E-state index is -1.38. The van der Waals surface area contributed by atoms with Crippen LogP contribution in [0.3, 0.4) is 0 Å². The van der Waals surface area contributed by atoms with Gasteiger partial charge in [-0.3, -0.25) is 4.90 Å². The van der Waals surface area contributed by atoms with Crippen molar-refractivity contribution in [3.63, 3.8) is 0 Å². The van der Waals surface area contributed by atoms with Gasteiger partial charge in [0, 0.05) is 13.5 Å². The van der Waals surface area contributed by atoms with Crippen LogP contribution in [0.5, 0.6) is 11.5 Å².